The van der Waals surface area contributed by atoms with Crippen LogP contribution in [0.5, 0.6) is 0 Å². The standard InChI is InChI=1S/C22H40O4/c1-4-7-8-9-10-11-14-17-25-21(23)19-15-12-13-16-20(19)22(24)26-18(5-2)6-3/h18-20H,4-17H2,1-3H3. The first kappa shape index (κ1) is 23.0. The van der Waals surface area contributed by atoms with Crippen LogP contribution in [-0.4, -0.2) is 24.6 Å². The van der Waals surface area contributed by atoms with Crippen molar-refractivity contribution in [1.29, 1.82) is 0 Å². The van der Waals surface area contributed by atoms with Crippen molar-refractivity contribution in [2.75, 3.05) is 6.61 Å². The highest BCUT2D eigenvalue weighted by atomic mass is 16.5. The van der Waals surface area contributed by atoms with Crippen LogP contribution in [0.15, 0.2) is 0 Å². The van der Waals surface area contributed by atoms with Gasteiger partial charge in [-0.3, -0.25) is 9.59 Å². The number of ether oxygens (including phenoxy) is 2. The summed E-state index contributed by atoms with van der Waals surface area (Å²) in [5.74, 6) is -1.01. The fourth-order valence-electron chi connectivity index (χ4n) is 3.74. The van der Waals surface area contributed by atoms with E-state index in [0.29, 0.717) is 6.61 Å². The van der Waals surface area contributed by atoms with Crippen LogP contribution in [0, 0.1) is 11.8 Å². The minimum absolute atomic E-state index is 0.0335. The molecule has 0 radical (unpaired) electrons. The number of hydrogen-bond acceptors (Lipinski definition) is 4. The highest BCUT2D eigenvalue weighted by Gasteiger charge is 2.38. The molecule has 0 aromatic heterocycles. The zero-order valence-electron chi connectivity index (χ0n) is 17.3. The van der Waals surface area contributed by atoms with Crippen molar-refractivity contribution in [3.8, 4) is 0 Å². The predicted octanol–water partition coefficient (Wildman–Crippen LogP) is 5.82. The normalized spacial score (nSPS) is 20.2. The van der Waals surface area contributed by atoms with Crippen molar-refractivity contribution in [3.05, 3.63) is 0 Å². The molecule has 26 heavy (non-hydrogen) atoms. The summed E-state index contributed by atoms with van der Waals surface area (Å²) >= 11 is 0. The Morgan fingerprint density at radius 3 is 1.92 bits per heavy atom. The van der Waals surface area contributed by atoms with Crippen molar-refractivity contribution >= 4 is 11.9 Å². The van der Waals surface area contributed by atoms with E-state index >= 15 is 0 Å². The lowest BCUT2D eigenvalue weighted by atomic mass is 9.79. The lowest BCUT2D eigenvalue weighted by molar-refractivity contribution is -0.166. The largest absolute Gasteiger partial charge is 0.465 e. The van der Waals surface area contributed by atoms with Crippen LogP contribution in [0.2, 0.25) is 0 Å². The number of unbranched alkanes of at least 4 members (excludes halogenated alkanes) is 6. The molecule has 0 bridgehead atoms. The SMILES string of the molecule is CCCCCCCCCOC(=O)C1CCCCC1C(=O)OC(CC)CC. The van der Waals surface area contributed by atoms with Crippen molar-refractivity contribution in [2.45, 2.75) is 110 Å². The smallest absolute Gasteiger partial charge is 0.310 e. The van der Waals surface area contributed by atoms with Gasteiger partial charge in [0.05, 0.1) is 18.4 Å². The summed E-state index contributed by atoms with van der Waals surface area (Å²) < 4.78 is 11.1. The van der Waals surface area contributed by atoms with E-state index in [9.17, 15) is 9.59 Å². The third-order valence-corrected chi connectivity index (χ3v) is 5.56. The Hall–Kier alpha value is -1.06. The first-order chi connectivity index (χ1) is 12.6. The molecule has 0 aromatic carbocycles. The molecule has 2 unspecified atom stereocenters. The number of rotatable bonds is 13. The summed E-state index contributed by atoms with van der Waals surface area (Å²) in [5.41, 5.74) is 0. The second-order valence-corrected chi connectivity index (χ2v) is 7.66. The predicted molar refractivity (Wildman–Crippen MR) is 105 cm³/mol. The van der Waals surface area contributed by atoms with E-state index in [2.05, 4.69) is 6.92 Å². The molecular formula is C22H40O4. The number of hydrogen-bond donors (Lipinski definition) is 0. The van der Waals surface area contributed by atoms with Gasteiger partial charge in [-0.25, -0.2) is 0 Å². The zero-order valence-corrected chi connectivity index (χ0v) is 17.3. The van der Waals surface area contributed by atoms with E-state index in [1.54, 1.807) is 0 Å². The lowest BCUT2D eigenvalue weighted by Crippen LogP contribution is -2.36. The lowest BCUT2D eigenvalue weighted by Gasteiger charge is -2.29. The molecule has 1 saturated carbocycles. The molecule has 1 aliphatic rings. The molecule has 152 valence electrons. The van der Waals surface area contributed by atoms with Gasteiger partial charge in [0.2, 0.25) is 0 Å². The Morgan fingerprint density at radius 1 is 0.808 bits per heavy atom. The van der Waals surface area contributed by atoms with Crippen molar-refractivity contribution in [2.24, 2.45) is 11.8 Å². The van der Waals surface area contributed by atoms with Crippen LogP contribution in [0.3, 0.4) is 0 Å². The Morgan fingerprint density at radius 2 is 1.35 bits per heavy atom. The minimum atomic E-state index is -0.314. The molecule has 0 saturated heterocycles. The van der Waals surface area contributed by atoms with Gasteiger partial charge in [-0.05, 0) is 32.1 Å². The van der Waals surface area contributed by atoms with E-state index in [1.165, 1.54) is 32.1 Å². The van der Waals surface area contributed by atoms with Gasteiger partial charge in [0.15, 0.2) is 0 Å². The van der Waals surface area contributed by atoms with Crippen LogP contribution in [0.4, 0.5) is 0 Å². The van der Waals surface area contributed by atoms with Gasteiger partial charge in [-0.15, -0.1) is 0 Å². The topological polar surface area (TPSA) is 52.6 Å². The number of carbonyl (C=O) groups is 2. The molecular weight excluding hydrogens is 328 g/mol. The van der Waals surface area contributed by atoms with Crippen LogP contribution in [0.1, 0.15) is 104 Å². The van der Waals surface area contributed by atoms with Crippen molar-refractivity contribution in [3.63, 3.8) is 0 Å². The Labute approximate surface area is 160 Å². The average molecular weight is 369 g/mol. The van der Waals surface area contributed by atoms with E-state index in [0.717, 1.165) is 51.4 Å². The number of esters is 2. The van der Waals surface area contributed by atoms with Crippen LogP contribution < -0.4 is 0 Å². The Balaban J connectivity index is 2.33. The van der Waals surface area contributed by atoms with Gasteiger partial charge in [0, 0.05) is 0 Å². The Kier molecular flexibility index (Phi) is 12.4. The molecule has 1 aliphatic carbocycles. The van der Waals surface area contributed by atoms with E-state index in [4.69, 9.17) is 9.47 Å². The fourth-order valence-corrected chi connectivity index (χ4v) is 3.74. The molecule has 0 spiro atoms. The summed E-state index contributed by atoms with van der Waals surface area (Å²) in [7, 11) is 0. The maximum atomic E-state index is 12.5. The first-order valence-electron chi connectivity index (χ1n) is 11.0. The third-order valence-electron chi connectivity index (χ3n) is 5.56. The summed E-state index contributed by atoms with van der Waals surface area (Å²) in [6.45, 7) is 6.75. The van der Waals surface area contributed by atoms with Gasteiger partial charge >= 0.3 is 11.9 Å². The molecule has 1 rings (SSSR count). The van der Waals surface area contributed by atoms with Gasteiger partial charge in [-0.1, -0.05) is 72.1 Å². The fraction of sp³-hybridized carbons (Fsp3) is 0.909. The third kappa shape index (κ3) is 8.55. The van der Waals surface area contributed by atoms with Gasteiger partial charge in [-0.2, -0.15) is 0 Å². The van der Waals surface area contributed by atoms with Gasteiger partial charge in [0.1, 0.15) is 6.10 Å². The monoisotopic (exact) mass is 368 g/mol. The molecule has 0 heterocycles. The molecule has 0 aliphatic heterocycles. The van der Waals surface area contributed by atoms with Crippen molar-refractivity contribution < 1.29 is 19.1 Å². The second-order valence-electron chi connectivity index (χ2n) is 7.66. The quantitative estimate of drug-likeness (QED) is 0.304. The van der Waals surface area contributed by atoms with Gasteiger partial charge in [0.25, 0.3) is 0 Å². The number of carbonyl (C=O) groups excluding carboxylic acids is 2. The molecule has 0 aromatic rings. The molecule has 0 amide bonds. The van der Waals surface area contributed by atoms with E-state index < -0.39 is 0 Å². The van der Waals surface area contributed by atoms with E-state index in [1.807, 2.05) is 13.8 Å². The maximum absolute atomic E-state index is 12.5. The highest BCUT2D eigenvalue weighted by Crippen LogP contribution is 2.32. The molecule has 0 N–H and O–H groups in total. The van der Waals surface area contributed by atoms with Crippen LogP contribution >= 0.6 is 0 Å². The molecule has 4 nitrogen and oxygen atoms in total. The summed E-state index contributed by atoms with van der Waals surface area (Å²) in [6.07, 6.45) is 13.5. The minimum Gasteiger partial charge on any atom is -0.465 e. The summed E-state index contributed by atoms with van der Waals surface area (Å²) in [6, 6.07) is 0. The maximum Gasteiger partial charge on any atom is 0.310 e. The average Bonchev–Trinajstić information content (AvgIpc) is 2.67. The highest BCUT2D eigenvalue weighted by molar-refractivity contribution is 5.82. The summed E-state index contributed by atoms with van der Waals surface area (Å²) in [5, 5.41) is 0. The van der Waals surface area contributed by atoms with Gasteiger partial charge < -0.3 is 9.47 Å². The Bertz CT molecular complexity index is 390. The van der Waals surface area contributed by atoms with E-state index in [-0.39, 0.29) is 29.9 Å². The second kappa shape index (κ2) is 14.1. The zero-order chi connectivity index (χ0) is 19.2. The first-order valence-corrected chi connectivity index (χ1v) is 11.0. The van der Waals surface area contributed by atoms with Crippen LogP contribution in [0.25, 0.3) is 0 Å². The molecule has 1 fully saturated rings. The van der Waals surface area contributed by atoms with Crippen molar-refractivity contribution in [1.82, 2.24) is 0 Å². The molecule has 4 heteroatoms. The van der Waals surface area contributed by atoms with Crippen LogP contribution in [-0.2, 0) is 19.1 Å². The molecule has 2 atom stereocenters. The summed E-state index contributed by atoms with van der Waals surface area (Å²) in [4.78, 5) is 25.0.